The quantitative estimate of drug-likeness (QED) is 0.908. The molecule has 1 aromatic rings. The number of rotatable bonds is 3. The molecule has 1 aliphatic heterocycles. The van der Waals surface area contributed by atoms with E-state index in [-0.39, 0.29) is 12.1 Å². The maximum atomic E-state index is 6.36. The summed E-state index contributed by atoms with van der Waals surface area (Å²) in [7, 11) is 0. The molecule has 2 rings (SSSR count). The molecule has 0 radical (unpaired) electrons. The normalized spacial score (nSPS) is 25.3. The molecule has 0 bridgehead atoms. The van der Waals surface area contributed by atoms with Crippen LogP contribution in [0.15, 0.2) is 22.7 Å². The molecule has 0 saturated carbocycles. The van der Waals surface area contributed by atoms with E-state index in [0.29, 0.717) is 0 Å². The Balaban J connectivity index is 2.33. The van der Waals surface area contributed by atoms with Crippen molar-refractivity contribution in [3.05, 3.63) is 33.3 Å². The van der Waals surface area contributed by atoms with Gasteiger partial charge in [0.25, 0.3) is 0 Å². The van der Waals surface area contributed by atoms with Crippen LogP contribution in [-0.2, 0) is 0 Å². The molecule has 1 saturated heterocycles. The van der Waals surface area contributed by atoms with E-state index in [1.54, 1.807) is 0 Å². The molecule has 2 atom stereocenters. The maximum Gasteiger partial charge on any atom is 0.0514 e. The molecule has 18 heavy (non-hydrogen) atoms. The Morgan fingerprint density at radius 1 is 1.50 bits per heavy atom. The number of hydrogen-bond acceptors (Lipinski definition) is 2. The van der Waals surface area contributed by atoms with Gasteiger partial charge in [0.05, 0.1) is 6.04 Å². The highest BCUT2D eigenvalue weighted by Crippen LogP contribution is 2.35. The predicted octanol–water partition coefficient (Wildman–Crippen LogP) is 3.98. The highest BCUT2D eigenvalue weighted by molar-refractivity contribution is 9.10. The first-order valence-corrected chi connectivity index (χ1v) is 7.75. The molecule has 1 aromatic carbocycles. The van der Waals surface area contributed by atoms with Crippen LogP contribution in [0.3, 0.4) is 0 Å². The molecule has 4 heteroatoms. The van der Waals surface area contributed by atoms with E-state index in [1.807, 2.05) is 12.1 Å². The number of halogens is 2. The van der Waals surface area contributed by atoms with Crippen molar-refractivity contribution in [2.45, 2.75) is 38.3 Å². The first kappa shape index (κ1) is 14.3. The molecule has 0 spiro atoms. The summed E-state index contributed by atoms with van der Waals surface area (Å²) in [5, 5.41) is 0.821. The van der Waals surface area contributed by atoms with Crippen LogP contribution >= 0.6 is 27.5 Å². The Hall–Kier alpha value is -0.0900. The second-order valence-corrected chi connectivity index (χ2v) is 6.28. The summed E-state index contributed by atoms with van der Waals surface area (Å²) in [5.41, 5.74) is 7.49. The van der Waals surface area contributed by atoms with Gasteiger partial charge in [-0.1, -0.05) is 34.5 Å². The van der Waals surface area contributed by atoms with E-state index >= 15 is 0 Å². The van der Waals surface area contributed by atoms with E-state index in [4.69, 9.17) is 17.3 Å². The predicted molar refractivity (Wildman–Crippen MR) is 81.0 cm³/mol. The van der Waals surface area contributed by atoms with Gasteiger partial charge < -0.3 is 5.73 Å². The second-order valence-electron chi connectivity index (χ2n) is 4.95. The molecule has 0 aromatic heterocycles. The molecule has 2 nitrogen and oxygen atoms in total. The van der Waals surface area contributed by atoms with Gasteiger partial charge in [-0.15, -0.1) is 0 Å². The van der Waals surface area contributed by atoms with E-state index in [2.05, 4.69) is 33.8 Å². The molecule has 1 heterocycles. The molecule has 0 amide bonds. The lowest BCUT2D eigenvalue weighted by atomic mass is 9.91. The van der Waals surface area contributed by atoms with Gasteiger partial charge >= 0.3 is 0 Å². The highest BCUT2D eigenvalue weighted by Gasteiger charge is 2.31. The molecular formula is C14H20BrClN2. The fraction of sp³-hybridized carbons (Fsp3) is 0.571. The van der Waals surface area contributed by atoms with Gasteiger partial charge in [0.1, 0.15) is 0 Å². The van der Waals surface area contributed by atoms with Crippen LogP contribution in [0.4, 0.5) is 0 Å². The van der Waals surface area contributed by atoms with Crippen LogP contribution < -0.4 is 5.73 Å². The van der Waals surface area contributed by atoms with Gasteiger partial charge in [-0.25, -0.2) is 0 Å². The summed E-state index contributed by atoms with van der Waals surface area (Å²) in [5.74, 6) is 0. The Bertz CT molecular complexity index is 409. The van der Waals surface area contributed by atoms with E-state index < -0.39 is 0 Å². The summed E-state index contributed by atoms with van der Waals surface area (Å²) < 4.78 is 1.07. The lowest BCUT2D eigenvalue weighted by Gasteiger charge is -2.40. The van der Waals surface area contributed by atoms with Crippen molar-refractivity contribution < 1.29 is 0 Å². The number of piperidine rings is 1. The SMILES string of the molecule is CCCN1CCCC(N)C1c1cc(Br)ccc1Cl. The van der Waals surface area contributed by atoms with Crippen LogP contribution in [-0.4, -0.2) is 24.0 Å². The minimum atomic E-state index is 0.178. The van der Waals surface area contributed by atoms with Gasteiger partial charge in [0.15, 0.2) is 0 Å². The van der Waals surface area contributed by atoms with Crippen molar-refractivity contribution in [3.63, 3.8) is 0 Å². The molecule has 100 valence electrons. The highest BCUT2D eigenvalue weighted by atomic mass is 79.9. The second kappa shape index (κ2) is 6.38. The minimum absolute atomic E-state index is 0.178. The Morgan fingerprint density at radius 2 is 2.28 bits per heavy atom. The number of likely N-dealkylation sites (tertiary alicyclic amines) is 1. The fourth-order valence-electron chi connectivity index (χ4n) is 2.80. The molecule has 2 N–H and O–H groups in total. The molecule has 1 aliphatic rings. The van der Waals surface area contributed by atoms with Gasteiger partial charge in [-0.3, -0.25) is 4.90 Å². The summed E-state index contributed by atoms with van der Waals surface area (Å²) in [6, 6.07) is 6.47. The third-order valence-electron chi connectivity index (χ3n) is 3.57. The topological polar surface area (TPSA) is 29.3 Å². The third-order valence-corrected chi connectivity index (χ3v) is 4.41. The minimum Gasteiger partial charge on any atom is -0.326 e. The summed E-state index contributed by atoms with van der Waals surface area (Å²) >= 11 is 9.88. The van der Waals surface area contributed by atoms with Crippen molar-refractivity contribution in [1.82, 2.24) is 4.90 Å². The molecule has 1 fully saturated rings. The standard InChI is InChI=1S/C14H20BrClN2/c1-2-7-18-8-3-4-13(17)14(18)11-9-10(15)5-6-12(11)16/h5-6,9,13-14H,2-4,7-8,17H2,1H3. The monoisotopic (exact) mass is 330 g/mol. The summed E-state index contributed by atoms with van der Waals surface area (Å²) in [6.07, 6.45) is 3.41. The maximum absolute atomic E-state index is 6.36. The number of nitrogens with zero attached hydrogens (tertiary/aromatic N) is 1. The van der Waals surface area contributed by atoms with Crippen LogP contribution in [0.5, 0.6) is 0 Å². The average Bonchev–Trinajstić information content (AvgIpc) is 2.34. The lowest BCUT2D eigenvalue weighted by Crippen LogP contribution is -2.46. The Kier molecular flexibility index (Phi) is 5.07. The zero-order valence-electron chi connectivity index (χ0n) is 10.7. The molecular weight excluding hydrogens is 312 g/mol. The third kappa shape index (κ3) is 3.08. The van der Waals surface area contributed by atoms with Crippen molar-refractivity contribution in [2.75, 3.05) is 13.1 Å². The summed E-state index contributed by atoms with van der Waals surface area (Å²) in [6.45, 7) is 4.41. The van der Waals surface area contributed by atoms with E-state index in [1.165, 1.54) is 6.42 Å². The number of nitrogens with two attached hydrogens (primary N) is 1. The van der Waals surface area contributed by atoms with Crippen molar-refractivity contribution >= 4 is 27.5 Å². The van der Waals surface area contributed by atoms with E-state index in [9.17, 15) is 0 Å². The lowest BCUT2D eigenvalue weighted by molar-refractivity contribution is 0.129. The van der Waals surface area contributed by atoms with Gasteiger partial charge in [0.2, 0.25) is 0 Å². The smallest absolute Gasteiger partial charge is 0.0514 e. The fourth-order valence-corrected chi connectivity index (χ4v) is 3.41. The number of hydrogen-bond donors (Lipinski definition) is 1. The van der Waals surface area contributed by atoms with Crippen LogP contribution in [0.1, 0.15) is 37.8 Å². The van der Waals surface area contributed by atoms with E-state index in [0.717, 1.165) is 41.0 Å². The Labute approximate surface area is 123 Å². The van der Waals surface area contributed by atoms with Crippen molar-refractivity contribution in [1.29, 1.82) is 0 Å². The van der Waals surface area contributed by atoms with Crippen molar-refractivity contribution in [3.8, 4) is 0 Å². The van der Waals surface area contributed by atoms with Crippen LogP contribution in [0, 0.1) is 0 Å². The van der Waals surface area contributed by atoms with Gasteiger partial charge in [0, 0.05) is 15.5 Å². The summed E-state index contributed by atoms with van der Waals surface area (Å²) in [4.78, 5) is 2.47. The Morgan fingerprint density at radius 3 is 3.00 bits per heavy atom. The van der Waals surface area contributed by atoms with Gasteiger partial charge in [-0.2, -0.15) is 0 Å². The van der Waals surface area contributed by atoms with Crippen molar-refractivity contribution in [2.24, 2.45) is 5.73 Å². The first-order valence-electron chi connectivity index (χ1n) is 6.58. The van der Waals surface area contributed by atoms with Crippen LogP contribution in [0.25, 0.3) is 0 Å². The first-order chi connectivity index (χ1) is 8.63. The number of benzene rings is 1. The van der Waals surface area contributed by atoms with Crippen LogP contribution in [0.2, 0.25) is 5.02 Å². The molecule has 0 aliphatic carbocycles. The van der Waals surface area contributed by atoms with Gasteiger partial charge in [-0.05, 0) is 56.1 Å². The zero-order valence-corrected chi connectivity index (χ0v) is 13.0. The molecule has 2 unspecified atom stereocenters. The zero-order chi connectivity index (χ0) is 13.1. The largest absolute Gasteiger partial charge is 0.326 e. The average molecular weight is 332 g/mol.